The van der Waals surface area contributed by atoms with Crippen LogP contribution in [-0.2, 0) is 14.0 Å². The number of nitrogens with zero attached hydrogens (tertiary/aromatic N) is 3. The lowest BCUT2D eigenvalue weighted by atomic mass is 10.2. The highest BCUT2D eigenvalue weighted by atomic mass is 28.4. The van der Waals surface area contributed by atoms with E-state index in [9.17, 15) is 4.79 Å². The van der Waals surface area contributed by atoms with Crippen molar-refractivity contribution >= 4 is 43.3 Å². The second-order valence-electron chi connectivity index (χ2n) is 11.9. The second-order valence-corrected chi connectivity index (χ2v) is 16.7. The van der Waals surface area contributed by atoms with Gasteiger partial charge in [0.15, 0.2) is 8.32 Å². The SMILES string of the molecule is CC=C(C=Nc1ccc(N(CCO[Si](C)(C)C(C)(C)C)c2cc(OC)cc(OC)c2)cc1N)N1CCCC1C(=O)OC. The molecule has 2 N–H and O–H groups in total. The summed E-state index contributed by atoms with van der Waals surface area (Å²) in [5, 5.41) is 0.110. The van der Waals surface area contributed by atoms with E-state index >= 15 is 0 Å². The van der Waals surface area contributed by atoms with E-state index in [1.54, 1.807) is 20.4 Å². The maximum absolute atomic E-state index is 12.3. The molecule has 0 aliphatic carbocycles. The summed E-state index contributed by atoms with van der Waals surface area (Å²) in [7, 11) is 2.77. The van der Waals surface area contributed by atoms with Crippen LogP contribution in [0, 0.1) is 0 Å². The number of hydrogen-bond acceptors (Lipinski definition) is 9. The lowest BCUT2D eigenvalue weighted by Crippen LogP contribution is -2.42. The van der Waals surface area contributed by atoms with E-state index in [-0.39, 0.29) is 17.0 Å². The van der Waals surface area contributed by atoms with Gasteiger partial charge in [-0.25, -0.2) is 4.79 Å². The number of nitrogen functional groups attached to an aromatic ring is 1. The average Bonchev–Trinajstić information content (AvgIpc) is 3.45. The van der Waals surface area contributed by atoms with Crippen molar-refractivity contribution in [2.24, 2.45) is 4.99 Å². The van der Waals surface area contributed by atoms with Gasteiger partial charge in [0, 0.05) is 42.7 Å². The molecule has 10 heteroatoms. The Morgan fingerprint density at radius 1 is 1.10 bits per heavy atom. The molecule has 3 rings (SSSR count). The van der Waals surface area contributed by atoms with E-state index in [4.69, 9.17) is 29.4 Å². The standard InChI is InChI=1S/C32H48N4O5Si/c1-10-23(36-15-11-12-30(36)31(37)40-7)22-34-29-14-13-24(20-28(29)33)35(16-17-41-42(8,9)32(2,3)4)25-18-26(38-5)21-27(19-25)39-6/h10,13-14,18-22,30H,11-12,15-17,33H2,1-9H3. The van der Waals surface area contributed by atoms with Crippen LogP contribution in [0.25, 0.3) is 0 Å². The molecule has 1 saturated heterocycles. The quantitative estimate of drug-likeness (QED) is 0.125. The van der Waals surface area contributed by atoms with E-state index in [1.807, 2.05) is 54.3 Å². The van der Waals surface area contributed by atoms with Gasteiger partial charge >= 0.3 is 5.97 Å². The van der Waals surface area contributed by atoms with Gasteiger partial charge in [-0.05, 0) is 56.1 Å². The predicted octanol–water partition coefficient (Wildman–Crippen LogP) is 6.69. The molecule has 1 atom stereocenters. The van der Waals surface area contributed by atoms with Crippen LogP contribution in [-0.4, -0.2) is 72.5 Å². The summed E-state index contributed by atoms with van der Waals surface area (Å²) in [4.78, 5) is 21.2. The van der Waals surface area contributed by atoms with Crippen molar-refractivity contribution in [2.45, 2.75) is 64.7 Å². The summed E-state index contributed by atoms with van der Waals surface area (Å²) in [6, 6.07) is 11.3. The number of carbonyl (C=O) groups excluding carboxylic acids is 1. The zero-order valence-electron chi connectivity index (χ0n) is 26.7. The van der Waals surface area contributed by atoms with Gasteiger partial charge in [-0.2, -0.15) is 0 Å². The van der Waals surface area contributed by atoms with Crippen molar-refractivity contribution in [3.63, 3.8) is 0 Å². The zero-order valence-corrected chi connectivity index (χ0v) is 27.7. The van der Waals surface area contributed by atoms with Gasteiger partial charge in [-0.3, -0.25) is 4.99 Å². The van der Waals surface area contributed by atoms with Gasteiger partial charge in [0.1, 0.15) is 17.5 Å². The van der Waals surface area contributed by atoms with Crippen molar-refractivity contribution in [3.8, 4) is 11.5 Å². The van der Waals surface area contributed by atoms with Crippen molar-refractivity contribution in [1.29, 1.82) is 0 Å². The number of rotatable bonds is 12. The van der Waals surface area contributed by atoms with Crippen LogP contribution in [0.4, 0.5) is 22.7 Å². The number of ether oxygens (including phenoxy) is 3. The maximum Gasteiger partial charge on any atom is 0.328 e. The predicted molar refractivity (Wildman–Crippen MR) is 174 cm³/mol. The third kappa shape index (κ3) is 7.86. The van der Waals surface area contributed by atoms with Gasteiger partial charge in [-0.1, -0.05) is 26.8 Å². The molecule has 0 radical (unpaired) electrons. The smallest absolute Gasteiger partial charge is 0.328 e. The number of allylic oxidation sites excluding steroid dienone is 2. The van der Waals surface area contributed by atoms with Crippen LogP contribution in [0.15, 0.2) is 53.2 Å². The van der Waals surface area contributed by atoms with Gasteiger partial charge in [0.25, 0.3) is 0 Å². The Morgan fingerprint density at radius 3 is 2.31 bits per heavy atom. The molecule has 0 bridgehead atoms. The molecular weight excluding hydrogens is 548 g/mol. The average molecular weight is 597 g/mol. The molecule has 0 spiro atoms. The molecule has 1 fully saturated rings. The van der Waals surface area contributed by atoms with Crippen molar-refractivity contribution in [3.05, 3.63) is 48.2 Å². The number of methoxy groups -OCH3 is 3. The van der Waals surface area contributed by atoms with E-state index < -0.39 is 8.32 Å². The van der Waals surface area contributed by atoms with Gasteiger partial charge in [0.05, 0.1) is 51.2 Å². The number of carbonyl (C=O) groups is 1. The lowest BCUT2D eigenvalue weighted by molar-refractivity contribution is -0.145. The Labute approximate surface area is 252 Å². The Morgan fingerprint density at radius 2 is 1.76 bits per heavy atom. The van der Waals surface area contributed by atoms with Crippen molar-refractivity contribution in [1.82, 2.24) is 4.90 Å². The van der Waals surface area contributed by atoms with Crippen LogP contribution in [0.5, 0.6) is 11.5 Å². The van der Waals surface area contributed by atoms with Crippen LogP contribution in [0.1, 0.15) is 40.5 Å². The van der Waals surface area contributed by atoms with E-state index in [0.29, 0.717) is 36.0 Å². The topological polar surface area (TPSA) is 98.9 Å². The number of anilines is 3. The van der Waals surface area contributed by atoms with Crippen LogP contribution >= 0.6 is 0 Å². The number of likely N-dealkylation sites (tertiary alicyclic amines) is 1. The monoisotopic (exact) mass is 596 g/mol. The molecule has 0 amide bonds. The van der Waals surface area contributed by atoms with E-state index in [1.165, 1.54) is 7.11 Å². The number of nitrogens with two attached hydrogens (primary N) is 1. The summed E-state index contributed by atoms with van der Waals surface area (Å²) >= 11 is 0. The molecule has 1 heterocycles. The summed E-state index contributed by atoms with van der Waals surface area (Å²) < 4.78 is 22.6. The first-order valence-electron chi connectivity index (χ1n) is 14.4. The molecule has 0 aromatic heterocycles. The largest absolute Gasteiger partial charge is 0.497 e. The first kappa shape index (κ1) is 33.0. The first-order valence-corrected chi connectivity index (χ1v) is 17.3. The third-order valence-electron chi connectivity index (χ3n) is 8.24. The molecule has 2 aromatic carbocycles. The Hall–Kier alpha value is -3.50. The van der Waals surface area contributed by atoms with Gasteiger partial charge in [-0.15, -0.1) is 0 Å². The molecular formula is C32H48N4O5Si. The minimum absolute atomic E-state index is 0.110. The lowest BCUT2D eigenvalue weighted by Gasteiger charge is -2.37. The molecule has 1 aliphatic heterocycles. The molecule has 1 aliphatic rings. The normalized spacial score (nSPS) is 16.2. The minimum Gasteiger partial charge on any atom is -0.497 e. The fourth-order valence-electron chi connectivity index (χ4n) is 4.70. The summed E-state index contributed by atoms with van der Waals surface area (Å²) in [5.74, 6) is 1.16. The molecule has 1 unspecified atom stereocenters. The van der Waals surface area contributed by atoms with Gasteiger partial charge in [0.2, 0.25) is 0 Å². The second kappa shape index (κ2) is 14.1. The number of benzene rings is 2. The number of aliphatic imine (C=N–C) groups is 1. The number of hydrogen-bond donors (Lipinski definition) is 1. The zero-order chi connectivity index (χ0) is 31.1. The van der Waals surface area contributed by atoms with E-state index in [2.05, 4.69) is 38.8 Å². The van der Waals surface area contributed by atoms with Crippen LogP contribution < -0.4 is 20.1 Å². The fourth-order valence-corrected chi connectivity index (χ4v) is 5.73. The highest BCUT2D eigenvalue weighted by molar-refractivity contribution is 6.74. The van der Waals surface area contributed by atoms with Gasteiger partial charge < -0.3 is 34.2 Å². The molecule has 0 saturated carbocycles. The Kier molecular flexibility index (Phi) is 11.1. The maximum atomic E-state index is 12.3. The Balaban J connectivity index is 1.91. The Bertz CT molecular complexity index is 1270. The van der Waals surface area contributed by atoms with E-state index in [0.717, 1.165) is 36.5 Å². The highest BCUT2D eigenvalue weighted by Crippen LogP contribution is 2.38. The molecule has 42 heavy (non-hydrogen) atoms. The van der Waals surface area contributed by atoms with Crippen molar-refractivity contribution < 1.29 is 23.4 Å². The molecule has 230 valence electrons. The van der Waals surface area contributed by atoms with Crippen LogP contribution in [0.3, 0.4) is 0 Å². The summed E-state index contributed by atoms with van der Waals surface area (Å²) in [6.45, 7) is 15.1. The highest BCUT2D eigenvalue weighted by Gasteiger charge is 2.37. The first-order chi connectivity index (χ1) is 19.8. The third-order valence-corrected chi connectivity index (χ3v) is 12.8. The molecule has 9 nitrogen and oxygen atoms in total. The summed E-state index contributed by atoms with van der Waals surface area (Å²) in [6.07, 6.45) is 5.41. The van der Waals surface area contributed by atoms with Crippen molar-refractivity contribution in [2.75, 3.05) is 51.7 Å². The fraction of sp³-hybridized carbons (Fsp3) is 0.500. The van der Waals surface area contributed by atoms with Crippen LogP contribution in [0.2, 0.25) is 18.1 Å². The summed E-state index contributed by atoms with van der Waals surface area (Å²) in [5.41, 5.74) is 10.4. The minimum atomic E-state index is -1.94. The number of esters is 1. The molecule has 2 aromatic rings.